The Morgan fingerprint density at radius 3 is 2.44 bits per heavy atom. The number of thioether (sulfide) groups is 1. The van der Waals surface area contributed by atoms with Crippen LogP contribution in [0.5, 0.6) is 11.5 Å². The van der Waals surface area contributed by atoms with Crippen molar-refractivity contribution >= 4 is 23.4 Å². The summed E-state index contributed by atoms with van der Waals surface area (Å²) in [5, 5.41) is 46.6. The molecular weight excluding hydrogens is 528 g/mol. The number of carbonyl (C=O) groups excluding carboxylic acids is 1. The molecule has 1 aliphatic carbocycles. The molecule has 1 aliphatic heterocycles. The largest absolute Gasteiger partial charge is 0.492 e. The minimum Gasteiger partial charge on any atom is -0.492 e. The predicted octanol–water partition coefficient (Wildman–Crippen LogP) is 0.788. The summed E-state index contributed by atoms with van der Waals surface area (Å²) < 4.78 is 17.2. The van der Waals surface area contributed by atoms with Crippen LogP contribution in [0.4, 0.5) is 5.69 Å². The molecule has 0 saturated carbocycles. The molecule has 2 aromatic rings. The fourth-order valence-corrected chi connectivity index (χ4v) is 5.69. The zero-order valence-corrected chi connectivity index (χ0v) is 22.9. The maximum Gasteiger partial charge on any atom is 0.217 e. The first-order chi connectivity index (χ1) is 18.6. The Hall–Kier alpha value is -2.87. The molecular formula is C27H34N2O9S. The van der Waals surface area contributed by atoms with E-state index in [1.165, 1.54) is 32.9 Å². The highest BCUT2D eigenvalue weighted by molar-refractivity contribution is 7.98. The molecule has 2 aromatic carbocycles. The van der Waals surface area contributed by atoms with Crippen molar-refractivity contribution in [2.75, 3.05) is 32.4 Å². The Bertz CT molecular complexity index is 1290. The van der Waals surface area contributed by atoms with E-state index in [9.17, 15) is 30.0 Å². The van der Waals surface area contributed by atoms with E-state index in [2.05, 4.69) is 10.6 Å². The molecule has 1 heterocycles. The molecule has 4 rings (SSSR count). The van der Waals surface area contributed by atoms with Crippen LogP contribution >= 0.6 is 11.8 Å². The van der Waals surface area contributed by atoms with Gasteiger partial charge in [-0.3, -0.25) is 9.59 Å². The lowest BCUT2D eigenvalue weighted by Gasteiger charge is -2.40. The Morgan fingerprint density at radius 1 is 1.10 bits per heavy atom. The van der Waals surface area contributed by atoms with Gasteiger partial charge in [-0.05, 0) is 54.0 Å². The normalized spacial score (nSPS) is 26.1. The summed E-state index contributed by atoms with van der Waals surface area (Å²) >= 11 is 1.33. The van der Waals surface area contributed by atoms with Crippen LogP contribution < -0.4 is 25.5 Å². The van der Waals surface area contributed by atoms with Gasteiger partial charge in [0.05, 0.1) is 37.5 Å². The molecule has 1 fully saturated rings. The molecule has 0 unspecified atom stereocenters. The quantitative estimate of drug-likeness (QED) is 0.264. The highest BCUT2D eigenvalue weighted by atomic mass is 32.2. The van der Waals surface area contributed by atoms with Crippen molar-refractivity contribution < 1.29 is 39.4 Å². The molecule has 0 radical (unpaired) electrons. The summed E-state index contributed by atoms with van der Waals surface area (Å²) in [5.41, 5.74) is 3.09. The lowest BCUT2D eigenvalue weighted by Crippen LogP contribution is -2.60. The van der Waals surface area contributed by atoms with Crippen molar-refractivity contribution in [1.29, 1.82) is 0 Å². The van der Waals surface area contributed by atoms with Crippen molar-refractivity contribution in [1.82, 2.24) is 5.32 Å². The molecule has 1 amide bonds. The van der Waals surface area contributed by atoms with Crippen LogP contribution in [0.2, 0.25) is 0 Å². The summed E-state index contributed by atoms with van der Waals surface area (Å²) in [4.78, 5) is 25.6. The van der Waals surface area contributed by atoms with Gasteiger partial charge in [-0.15, -0.1) is 11.8 Å². The monoisotopic (exact) mass is 562 g/mol. The van der Waals surface area contributed by atoms with Crippen LogP contribution in [-0.4, -0.2) is 84.1 Å². The van der Waals surface area contributed by atoms with Gasteiger partial charge < -0.3 is 45.3 Å². The van der Waals surface area contributed by atoms with E-state index in [0.717, 1.165) is 5.56 Å². The number of benzene rings is 1. The summed E-state index contributed by atoms with van der Waals surface area (Å²) in [7, 11) is 2.94. The second-order valence-electron chi connectivity index (χ2n) is 9.49. The van der Waals surface area contributed by atoms with Crippen LogP contribution in [0.25, 0.3) is 11.1 Å². The number of amides is 1. The summed E-state index contributed by atoms with van der Waals surface area (Å²) in [6, 6.07) is 6.52. The maximum absolute atomic E-state index is 13.0. The number of rotatable bonds is 7. The second kappa shape index (κ2) is 12.1. The number of nitrogens with one attached hydrogen (secondary N) is 2. The van der Waals surface area contributed by atoms with Crippen molar-refractivity contribution in [3.8, 4) is 22.6 Å². The summed E-state index contributed by atoms with van der Waals surface area (Å²) in [5.74, 6) is 0.405. The van der Waals surface area contributed by atoms with Gasteiger partial charge in [0.25, 0.3) is 0 Å². The standard InChI is InChI=1S/C27H34N2O9S/c1-12(31)28-16-7-5-13-9-17(29-27-24(35)23(34)22(33)19(11-30)38-27)25(36-2)26(37-3)21(13)14-6-8-20(39-4)18(32)10-15(14)16/h6,8-10,16,19,22-24,27,29-30,33-35H,5,7,11H2,1-4H3,(H,28,31)/t16-,19+,22+,23-,24+,27+/m0/s1. The number of aliphatic hydroxyl groups excluding tert-OH is 4. The molecule has 1 saturated heterocycles. The van der Waals surface area contributed by atoms with E-state index in [1.807, 2.05) is 12.3 Å². The molecule has 0 bridgehead atoms. The zero-order valence-electron chi connectivity index (χ0n) is 22.1. The van der Waals surface area contributed by atoms with E-state index in [-0.39, 0.29) is 17.1 Å². The third-order valence-electron chi connectivity index (χ3n) is 7.10. The van der Waals surface area contributed by atoms with Gasteiger partial charge in [0.1, 0.15) is 24.4 Å². The number of hydrogen-bond acceptors (Lipinski definition) is 11. The number of ether oxygens (including phenoxy) is 3. The highest BCUT2D eigenvalue weighted by Crippen LogP contribution is 2.50. The molecule has 2 aliphatic rings. The van der Waals surface area contributed by atoms with E-state index < -0.39 is 43.3 Å². The van der Waals surface area contributed by atoms with Gasteiger partial charge in [0.15, 0.2) is 23.2 Å². The molecule has 6 atom stereocenters. The van der Waals surface area contributed by atoms with Gasteiger partial charge in [-0.1, -0.05) is 6.07 Å². The highest BCUT2D eigenvalue weighted by Gasteiger charge is 2.44. The first-order valence-electron chi connectivity index (χ1n) is 12.5. The van der Waals surface area contributed by atoms with Crippen LogP contribution in [0.15, 0.2) is 34.0 Å². The fraction of sp³-hybridized carbons (Fsp3) is 0.481. The van der Waals surface area contributed by atoms with E-state index >= 15 is 0 Å². The lowest BCUT2D eigenvalue weighted by atomic mass is 9.94. The second-order valence-corrected chi connectivity index (χ2v) is 10.3. The van der Waals surface area contributed by atoms with Gasteiger partial charge in [0.2, 0.25) is 5.91 Å². The Morgan fingerprint density at radius 2 is 1.82 bits per heavy atom. The van der Waals surface area contributed by atoms with Gasteiger partial charge in [0, 0.05) is 12.5 Å². The molecule has 39 heavy (non-hydrogen) atoms. The fourth-order valence-electron chi connectivity index (χ4n) is 5.23. The molecule has 212 valence electrons. The third kappa shape index (κ3) is 5.58. The Balaban J connectivity index is 1.89. The Labute approximate surface area is 230 Å². The van der Waals surface area contributed by atoms with Crippen LogP contribution in [-0.2, 0) is 16.0 Å². The van der Waals surface area contributed by atoms with Crippen molar-refractivity contribution in [2.24, 2.45) is 0 Å². The lowest BCUT2D eigenvalue weighted by molar-refractivity contribution is -0.221. The first kappa shape index (κ1) is 29.1. The number of methoxy groups -OCH3 is 2. The number of fused-ring (bicyclic) bond motifs is 3. The van der Waals surface area contributed by atoms with E-state index in [0.29, 0.717) is 45.9 Å². The molecule has 12 heteroatoms. The van der Waals surface area contributed by atoms with Gasteiger partial charge >= 0.3 is 0 Å². The van der Waals surface area contributed by atoms with E-state index in [4.69, 9.17) is 14.2 Å². The molecule has 0 aromatic heterocycles. The van der Waals surface area contributed by atoms with Crippen LogP contribution in [0.3, 0.4) is 0 Å². The minimum atomic E-state index is -1.56. The molecule has 0 spiro atoms. The average molecular weight is 563 g/mol. The van der Waals surface area contributed by atoms with Crippen LogP contribution in [0, 0.1) is 0 Å². The van der Waals surface area contributed by atoms with E-state index in [1.54, 1.807) is 18.2 Å². The Kier molecular flexibility index (Phi) is 9.04. The van der Waals surface area contributed by atoms with Crippen molar-refractivity contribution in [3.63, 3.8) is 0 Å². The number of carbonyl (C=O) groups is 1. The SMILES string of the molecule is COc1c(N[C@@H]2O[C@H](CO)[C@@H](O)[C@H](O)[C@H]2O)cc2c(c1OC)-c1ccc(SC)c(=O)cc1[C@@H](NC(C)=O)CC2. The maximum atomic E-state index is 13.0. The number of hydrogen-bond donors (Lipinski definition) is 6. The summed E-state index contributed by atoms with van der Waals surface area (Å²) in [6.45, 7) is 0.865. The smallest absolute Gasteiger partial charge is 0.217 e. The molecule has 11 nitrogen and oxygen atoms in total. The summed E-state index contributed by atoms with van der Waals surface area (Å²) in [6.07, 6.45) is -4.04. The average Bonchev–Trinajstić information content (AvgIpc) is 3.16. The van der Waals surface area contributed by atoms with Gasteiger partial charge in [-0.25, -0.2) is 0 Å². The van der Waals surface area contributed by atoms with Gasteiger partial charge in [-0.2, -0.15) is 0 Å². The van der Waals surface area contributed by atoms with Crippen LogP contribution in [0.1, 0.15) is 30.5 Å². The number of aliphatic hydroxyl groups is 4. The van der Waals surface area contributed by atoms with Crippen molar-refractivity contribution in [2.45, 2.75) is 61.3 Å². The third-order valence-corrected chi connectivity index (χ3v) is 7.88. The minimum absolute atomic E-state index is 0.158. The van der Waals surface area contributed by atoms with Crippen molar-refractivity contribution in [3.05, 3.63) is 45.6 Å². The number of aryl methyl sites for hydroxylation is 1. The first-order valence-corrected chi connectivity index (χ1v) is 13.7. The zero-order chi connectivity index (χ0) is 28.4. The topological polar surface area (TPSA) is 167 Å². The predicted molar refractivity (Wildman–Crippen MR) is 145 cm³/mol. The molecule has 6 N–H and O–H groups in total. The number of anilines is 1.